The first-order valence-electron chi connectivity index (χ1n) is 7.59. The molecule has 1 aromatic heterocycles. The molecule has 0 radical (unpaired) electrons. The molecule has 1 saturated heterocycles. The third-order valence-electron chi connectivity index (χ3n) is 3.79. The lowest BCUT2D eigenvalue weighted by molar-refractivity contribution is -0.0498. The molecule has 3 rings (SSSR count). The molecule has 0 saturated carbocycles. The van der Waals surface area contributed by atoms with E-state index in [1.165, 1.54) is 12.1 Å². The van der Waals surface area contributed by atoms with Crippen molar-refractivity contribution in [2.75, 3.05) is 26.7 Å². The topological polar surface area (TPSA) is 63.4 Å². The van der Waals surface area contributed by atoms with Crippen LogP contribution in [0.2, 0.25) is 0 Å². The van der Waals surface area contributed by atoms with Gasteiger partial charge in [0.2, 0.25) is 0 Å². The summed E-state index contributed by atoms with van der Waals surface area (Å²) in [6, 6.07) is 6.39. The minimum Gasteiger partial charge on any atom is -0.435 e. The molecule has 9 heteroatoms. The molecule has 1 aliphatic rings. The maximum absolute atomic E-state index is 12.1. The van der Waals surface area contributed by atoms with E-state index in [9.17, 15) is 8.78 Å². The van der Waals surface area contributed by atoms with Crippen LogP contribution in [-0.2, 0) is 0 Å². The maximum atomic E-state index is 12.1. The van der Waals surface area contributed by atoms with E-state index in [1.807, 2.05) is 7.05 Å². The Balaban J connectivity index is 0.00000225. The Hall–Kier alpha value is -2.03. The van der Waals surface area contributed by atoms with E-state index in [0.717, 1.165) is 25.2 Å². The Bertz CT molecular complexity index is 694. The first-order valence-corrected chi connectivity index (χ1v) is 7.59. The number of likely N-dealkylation sites (N-methyl/N-ethyl adjacent to an activating group) is 1. The van der Waals surface area contributed by atoms with Crippen LogP contribution in [0.1, 0.15) is 23.3 Å². The van der Waals surface area contributed by atoms with Gasteiger partial charge in [0.25, 0.3) is 5.89 Å². The van der Waals surface area contributed by atoms with Crippen molar-refractivity contribution in [3.8, 4) is 5.75 Å². The molecule has 1 aliphatic heterocycles. The summed E-state index contributed by atoms with van der Waals surface area (Å²) in [5, 5.41) is 7.33. The fourth-order valence-electron chi connectivity index (χ4n) is 2.47. The van der Waals surface area contributed by atoms with Crippen molar-refractivity contribution in [1.82, 2.24) is 20.4 Å². The van der Waals surface area contributed by atoms with Gasteiger partial charge in [-0.3, -0.25) is 4.90 Å². The highest BCUT2D eigenvalue weighted by Gasteiger charge is 2.24. The van der Waals surface area contributed by atoms with Crippen LogP contribution >= 0.6 is 12.4 Å². The van der Waals surface area contributed by atoms with Crippen molar-refractivity contribution in [3.05, 3.63) is 41.5 Å². The number of alkyl halides is 2. The zero-order valence-corrected chi connectivity index (χ0v) is 14.4. The van der Waals surface area contributed by atoms with Crippen LogP contribution < -0.4 is 10.1 Å². The number of benzene rings is 1. The molecule has 1 fully saturated rings. The van der Waals surface area contributed by atoms with Gasteiger partial charge >= 0.3 is 6.61 Å². The van der Waals surface area contributed by atoms with Crippen LogP contribution in [-0.4, -0.2) is 48.3 Å². The maximum Gasteiger partial charge on any atom is 0.387 e. The SMILES string of the molecule is CN1CCNCC1c1noc(/C=C/c2ccc(OC(F)F)cc2)n1.Cl. The fourth-order valence-corrected chi connectivity index (χ4v) is 2.47. The lowest BCUT2D eigenvalue weighted by Gasteiger charge is -2.30. The second-order valence-electron chi connectivity index (χ2n) is 5.47. The lowest BCUT2D eigenvalue weighted by Crippen LogP contribution is -2.44. The molecular formula is C16H19ClF2N4O2. The molecule has 0 spiro atoms. The molecule has 6 nitrogen and oxygen atoms in total. The quantitative estimate of drug-likeness (QED) is 0.870. The molecule has 0 bridgehead atoms. The lowest BCUT2D eigenvalue weighted by atomic mass is 10.2. The Kier molecular flexibility index (Phi) is 6.86. The Morgan fingerprint density at radius 1 is 1.32 bits per heavy atom. The van der Waals surface area contributed by atoms with E-state index in [2.05, 4.69) is 25.1 Å². The summed E-state index contributed by atoms with van der Waals surface area (Å²) < 4.78 is 33.7. The summed E-state index contributed by atoms with van der Waals surface area (Å²) in [6.07, 6.45) is 3.46. The van der Waals surface area contributed by atoms with Gasteiger partial charge in [-0.25, -0.2) is 0 Å². The largest absolute Gasteiger partial charge is 0.435 e. The van der Waals surface area contributed by atoms with Crippen LogP contribution in [0.3, 0.4) is 0 Å². The predicted octanol–water partition coefficient (Wildman–Crippen LogP) is 2.84. The number of ether oxygens (including phenoxy) is 1. The Morgan fingerprint density at radius 3 is 2.76 bits per heavy atom. The number of nitrogens with zero attached hydrogens (tertiary/aromatic N) is 3. The van der Waals surface area contributed by atoms with Crippen molar-refractivity contribution >= 4 is 24.6 Å². The highest BCUT2D eigenvalue weighted by atomic mass is 35.5. The zero-order valence-electron chi connectivity index (χ0n) is 13.6. The van der Waals surface area contributed by atoms with Gasteiger partial charge in [0.05, 0.1) is 6.04 Å². The second-order valence-corrected chi connectivity index (χ2v) is 5.47. The van der Waals surface area contributed by atoms with Gasteiger partial charge in [-0.2, -0.15) is 13.8 Å². The van der Waals surface area contributed by atoms with E-state index >= 15 is 0 Å². The van der Waals surface area contributed by atoms with Crippen molar-refractivity contribution in [2.45, 2.75) is 12.7 Å². The smallest absolute Gasteiger partial charge is 0.387 e. The number of hydrogen-bond acceptors (Lipinski definition) is 6. The molecule has 25 heavy (non-hydrogen) atoms. The van der Waals surface area contributed by atoms with E-state index in [0.29, 0.717) is 11.7 Å². The Morgan fingerprint density at radius 2 is 2.08 bits per heavy atom. The standard InChI is InChI=1S/C16H18F2N4O2.ClH/c1-22-9-8-19-10-13(22)15-20-14(24-21-15)7-4-11-2-5-12(6-3-11)23-16(17)18;/h2-7,13,16,19H,8-10H2,1H3;1H/b7-4+;. The van der Waals surface area contributed by atoms with Crippen molar-refractivity contribution in [3.63, 3.8) is 0 Å². The number of nitrogens with one attached hydrogen (secondary N) is 1. The highest BCUT2D eigenvalue weighted by Crippen LogP contribution is 2.19. The zero-order chi connectivity index (χ0) is 16.9. The van der Waals surface area contributed by atoms with Crippen molar-refractivity contribution in [2.24, 2.45) is 0 Å². The monoisotopic (exact) mass is 372 g/mol. The normalized spacial score (nSPS) is 18.5. The van der Waals surface area contributed by atoms with E-state index < -0.39 is 6.61 Å². The third kappa shape index (κ3) is 5.22. The minimum absolute atomic E-state index is 0. The van der Waals surface area contributed by atoms with Crippen LogP contribution in [0.4, 0.5) is 8.78 Å². The van der Waals surface area contributed by atoms with Gasteiger partial charge in [-0.15, -0.1) is 12.4 Å². The molecule has 1 N–H and O–H groups in total. The van der Waals surface area contributed by atoms with Crippen LogP contribution in [0, 0.1) is 0 Å². The molecule has 136 valence electrons. The molecule has 0 aliphatic carbocycles. The molecule has 1 aromatic carbocycles. The fraction of sp³-hybridized carbons (Fsp3) is 0.375. The molecule has 0 amide bonds. The van der Waals surface area contributed by atoms with Gasteiger partial charge in [-0.05, 0) is 30.8 Å². The number of hydrogen-bond donors (Lipinski definition) is 1. The van der Waals surface area contributed by atoms with E-state index in [-0.39, 0.29) is 24.2 Å². The first kappa shape index (κ1) is 19.3. The summed E-state index contributed by atoms with van der Waals surface area (Å²) in [4.78, 5) is 6.56. The van der Waals surface area contributed by atoms with E-state index in [4.69, 9.17) is 4.52 Å². The van der Waals surface area contributed by atoms with Crippen LogP contribution in [0.15, 0.2) is 28.8 Å². The van der Waals surface area contributed by atoms with Crippen molar-refractivity contribution < 1.29 is 18.0 Å². The number of rotatable bonds is 5. The summed E-state index contributed by atoms with van der Waals surface area (Å²) in [5.74, 6) is 1.16. The van der Waals surface area contributed by atoms with Gasteiger partial charge in [-0.1, -0.05) is 17.3 Å². The third-order valence-corrected chi connectivity index (χ3v) is 3.79. The highest BCUT2D eigenvalue weighted by molar-refractivity contribution is 5.85. The molecule has 1 atom stereocenters. The number of aromatic nitrogens is 2. The molecule has 1 unspecified atom stereocenters. The van der Waals surface area contributed by atoms with Crippen molar-refractivity contribution in [1.29, 1.82) is 0 Å². The molecule has 2 aromatic rings. The van der Waals surface area contributed by atoms with Crippen LogP contribution in [0.25, 0.3) is 12.2 Å². The average molecular weight is 373 g/mol. The predicted molar refractivity (Wildman–Crippen MR) is 91.8 cm³/mol. The summed E-state index contributed by atoms with van der Waals surface area (Å²) >= 11 is 0. The van der Waals surface area contributed by atoms with Crippen LogP contribution in [0.5, 0.6) is 5.75 Å². The van der Waals surface area contributed by atoms with Gasteiger partial charge in [0, 0.05) is 25.7 Å². The number of piperazine rings is 1. The van der Waals surface area contributed by atoms with Gasteiger partial charge < -0.3 is 14.6 Å². The molecular weight excluding hydrogens is 354 g/mol. The first-order chi connectivity index (χ1) is 11.6. The number of halogens is 3. The summed E-state index contributed by atoms with van der Waals surface area (Å²) in [5.41, 5.74) is 0.813. The van der Waals surface area contributed by atoms with E-state index in [1.54, 1.807) is 24.3 Å². The summed E-state index contributed by atoms with van der Waals surface area (Å²) in [6.45, 7) is -0.166. The minimum atomic E-state index is -2.82. The van der Waals surface area contributed by atoms with Gasteiger partial charge in [0.1, 0.15) is 5.75 Å². The molecule has 2 heterocycles. The summed E-state index contributed by atoms with van der Waals surface area (Å²) in [7, 11) is 2.03. The Labute approximate surface area is 150 Å². The average Bonchev–Trinajstić information content (AvgIpc) is 3.03. The second kappa shape index (κ2) is 8.89. The van der Waals surface area contributed by atoms with Gasteiger partial charge in [0.15, 0.2) is 5.82 Å².